The predicted octanol–water partition coefficient (Wildman–Crippen LogP) is 5.85. The molecule has 6 saturated heterocycles. The average Bonchev–Trinajstić information content (AvgIpc) is 4.23. The molecule has 6 heterocycles. The third-order valence-electron chi connectivity index (χ3n) is 19.2. The zero-order valence-electron chi connectivity index (χ0n) is 44.9. The van der Waals surface area contributed by atoms with Crippen molar-refractivity contribution in [3.63, 3.8) is 0 Å². The summed E-state index contributed by atoms with van der Waals surface area (Å²) in [5.41, 5.74) is -0.0353. The van der Waals surface area contributed by atoms with Gasteiger partial charge in [-0.05, 0) is 119 Å². The van der Waals surface area contributed by atoms with Crippen LogP contribution in [0.15, 0.2) is 0 Å². The molecule has 12 atom stereocenters. The molecule has 0 unspecified atom stereocenters. The number of hydrogen-bond donors (Lipinski definition) is 2. The van der Waals surface area contributed by atoms with Gasteiger partial charge in [0.1, 0.15) is 13.1 Å². The quantitative estimate of drug-likeness (QED) is 0.219. The largest absolute Gasteiger partial charge is 0.481 e. The van der Waals surface area contributed by atoms with Crippen molar-refractivity contribution in [2.45, 2.75) is 178 Å². The molecule has 4 bridgehead atoms. The molecule has 0 spiro atoms. The van der Waals surface area contributed by atoms with E-state index in [1.807, 2.05) is 6.92 Å². The first-order chi connectivity index (χ1) is 36.3. The molecule has 6 saturated carbocycles. The van der Waals surface area contributed by atoms with Crippen molar-refractivity contribution in [2.24, 2.45) is 34.5 Å². The normalized spacial score (nSPS) is 34.6. The summed E-state index contributed by atoms with van der Waals surface area (Å²) in [4.78, 5) is 72.1. The SMILES string of the molecule is CC1(C)[C@@H]2C[C@H]3OB([C@@H]4CCCN4)O[C@@]3(C)[C@H]1C2.CC1(C)[C@@H]2C[C@H]3OB([C@@H]4CCCN4C(=O)CN(C(=O)C(F)(F)F)[C@@H]4CCN(C(=O)C(F)(F)F)C4)O[C@@]3(C)[C@H]1C2.Cl.O=C(O)CN(C(=O)C(F)(F)F)[C@@H]1CCN(C(=O)C(F)(F)F)C1. The molecule has 32 heteroatoms. The second-order valence-corrected chi connectivity index (χ2v) is 24.3. The summed E-state index contributed by atoms with van der Waals surface area (Å²) in [6.45, 7) is 10.0. The summed E-state index contributed by atoms with van der Waals surface area (Å²) in [5.74, 6) is -9.59. The fourth-order valence-electron chi connectivity index (χ4n) is 14.6. The summed E-state index contributed by atoms with van der Waals surface area (Å²) < 4.78 is 178. The van der Waals surface area contributed by atoms with Crippen LogP contribution in [0.25, 0.3) is 0 Å². The van der Waals surface area contributed by atoms with Crippen LogP contribution in [0.3, 0.4) is 0 Å². The predicted molar refractivity (Wildman–Crippen MR) is 258 cm³/mol. The highest BCUT2D eigenvalue weighted by molar-refractivity contribution is 6.48. The number of carboxylic acid groups (broad SMARTS) is 1. The Morgan fingerprint density at radius 1 is 0.588 bits per heavy atom. The number of hydrogen-bond acceptors (Lipinski definition) is 11. The Hall–Kier alpha value is -3.80. The lowest BCUT2D eigenvalue weighted by molar-refractivity contribution is -0.199. The van der Waals surface area contributed by atoms with Crippen molar-refractivity contribution in [3.8, 4) is 0 Å². The van der Waals surface area contributed by atoms with Crippen LogP contribution in [0.5, 0.6) is 0 Å². The first kappa shape index (κ1) is 63.8. The molecule has 12 fully saturated rings. The van der Waals surface area contributed by atoms with Crippen molar-refractivity contribution >= 4 is 62.1 Å². The Kier molecular flexibility index (Phi) is 17.8. The van der Waals surface area contributed by atoms with E-state index in [4.69, 9.17) is 23.7 Å². The molecule has 0 aromatic heterocycles. The van der Waals surface area contributed by atoms with Gasteiger partial charge in [0.15, 0.2) is 0 Å². The highest BCUT2D eigenvalue weighted by Crippen LogP contribution is 2.67. The molecule has 0 aromatic carbocycles. The van der Waals surface area contributed by atoms with Crippen molar-refractivity contribution in [2.75, 3.05) is 52.4 Å². The van der Waals surface area contributed by atoms with Crippen LogP contribution in [0.2, 0.25) is 0 Å². The van der Waals surface area contributed by atoms with E-state index >= 15 is 0 Å². The maximum absolute atomic E-state index is 13.4. The first-order valence-corrected chi connectivity index (χ1v) is 26.7. The molecular formula is C48H67B2ClF12N6O11. The van der Waals surface area contributed by atoms with Gasteiger partial charge in [-0.25, -0.2) is 0 Å². The summed E-state index contributed by atoms with van der Waals surface area (Å²) in [6.07, 6.45) is -13.7. The number of carboxylic acids is 1. The Labute approximate surface area is 460 Å². The summed E-state index contributed by atoms with van der Waals surface area (Å²) in [7, 11) is -0.766. The third-order valence-corrected chi connectivity index (χ3v) is 19.2. The highest BCUT2D eigenvalue weighted by atomic mass is 35.5. The number of aliphatic carboxylic acids is 1. The van der Waals surface area contributed by atoms with Crippen molar-refractivity contribution in [3.05, 3.63) is 0 Å². The number of nitrogens with one attached hydrogen (secondary N) is 1. The van der Waals surface area contributed by atoms with Crippen molar-refractivity contribution in [1.29, 1.82) is 0 Å². The van der Waals surface area contributed by atoms with Crippen LogP contribution in [-0.4, -0.2) is 204 Å². The van der Waals surface area contributed by atoms with Gasteiger partial charge in [0.25, 0.3) is 0 Å². The highest BCUT2D eigenvalue weighted by Gasteiger charge is 2.70. The molecule has 6 aliphatic heterocycles. The zero-order valence-corrected chi connectivity index (χ0v) is 45.7. The lowest BCUT2D eigenvalue weighted by Crippen LogP contribution is -2.65. The van der Waals surface area contributed by atoms with Gasteiger partial charge in [0.2, 0.25) is 5.91 Å². The molecule has 0 radical (unpaired) electrons. The number of alkyl halides is 12. The van der Waals surface area contributed by atoms with E-state index in [0.717, 1.165) is 25.3 Å². The second kappa shape index (κ2) is 22.3. The maximum Gasteiger partial charge on any atom is 0.481 e. The van der Waals surface area contributed by atoms with Crippen LogP contribution < -0.4 is 5.32 Å². The smallest absolute Gasteiger partial charge is 0.480 e. The van der Waals surface area contributed by atoms with Gasteiger partial charge < -0.3 is 53.5 Å². The fraction of sp³-hybridized carbons (Fsp3) is 0.875. The minimum Gasteiger partial charge on any atom is -0.480 e. The number of halogens is 13. The van der Waals surface area contributed by atoms with E-state index in [1.54, 1.807) is 0 Å². The molecule has 0 aromatic rings. The van der Waals surface area contributed by atoms with Crippen LogP contribution in [0, 0.1) is 34.5 Å². The standard InChI is InChI=1S/C24H32BF6N3O5.C14H24BNO2.C10H10F6N2O4.ClH/c1-21(2)13-9-15(21)22(3)16(10-13)38-25(39-22)17-5-4-7-33(17)18(35)12-34(20(37)24(29,30)31)14-6-8-32(11-14)19(36)23(26,27)28;1-13(2)9-7-10(13)14(3)11(8-9)17-15(18-14)12-5-4-6-16-12;11-9(12,13)7(21)17-2-1-5(3-17)18(4-6(19)20)8(22)10(14,15)16;/h13-17H,4-12H2,1-3H3;9-12,16H,4-8H2,1-3H3;5H,1-4H2,(H,19,20);1H/t13-,14+,15-,16+,17-,22-;9-,10-,11+,12-,14-;5-;/m001./s1. The van der Waals surface area contributed by atoms with E-state index in [-0.39, 0.29) is 76.6 Å². The number of likely N-dealkylation sites (tertiary alicyclic amines) is 3. The Balaban J connectivity index is 0.000000190. The maximum atomic E-state index is 13.4. The topological polar surface area (TPSA) is 188 Å². The van der Waals surface area contributed by atoms with E-state index in [1.165, 1.54) is 30.6 Å². The number of carbonyl (C=O) groups is 6. The van der Waals surface area contributed by atoms with Gasteiger partial charge in [-0.1, -0.05) is 27.7 Å². The Bertz CT molecular complexity index is 2370. The lowest BCUT2D eigenvalue weighted by Gasteiger charge is -2.64. The number of carbonyl (C=O) groups excluding carboxylic acids is 5. The first-order valence-electron chi connectivity index (χ1n) is 26.7. The molecule has 12 rings (SSSR count). The van der Waals surface area contributed by atoms with E-state index in [0.29, 0.717) is 47.0 Å². The van der Waals surface area contributed by atoms with Crippen LogP contribution in [0.1, 0.15) is 106 Å². The number of amides is 5. The van der Waals surface area contributed by atoms with Gasteiger partial charge in [-0.15, -0.1) is 12.4 Å². The van der Waals surface area contributed by atoms with Crippen LogP contribution >= 0.6 is 12.4 Å². The molecule has 12 aliphatic rings. The van der Waals surface area contributed by atoms with Gasteiger partial charge in [0.05, 0.1) is 41.4 Å². The minimum atomic E-state index is -5.36. The molecule has 2 N–H and O–H groups in total. The molecule has 6 aliphatic carbocycles. The number of rotatable bonds is 8. The van der Waals surface area contributed by atoms with Gasteiger partial charge in [-0.3, -0.25) is 28.8 Å². The average molecular weight is 1190 g/mol. The molecular weight excluding hydrogens is 1120 g/mol. The van der Waals surface area contributed by atoms with Gasteiger partial charge in [-0.2, -0.15) is 52.7 Å². The van der Waals surface area contributed by atoms with E-state index < -0.39 is 130 Å². The fourth-order valence-corrected chi connectivity index (χ4v) is 14.6. The Morgan fingerprint density at radius 2 is 1.02 bits per heavy atom. The van der Waals surface area contributed by atoms with Crippen molar-refractivity contribution < 1.29 is 105 Å². The lowest BCUT2D eigenvalue weighted by atomic mass is 9.43. The summed E-state index contributed by atoms with van der Waals surface area (Å²) in [6, 6.07) is -2.83. The summed E-state index contributed by atoms with van der Waals surface area (Å²) in [5, 5.41) is 12.1. The minimum absolute atomic E-state index is 0. The molecule has 452 valence electrons. The molecule has 17 nitrogen and oxygen atoms in total. The third kappa shape index (κ3) is 12.1. The zero-order chi connectivity index (χ0) is 58.5. The molecule has 5 amide bonds. The Morgan fingerprint density at radius 3 is 1.43 bits per heavy atom. The van der Waals surface area contributed by atoms with Crippen LogP contribution in [0.4, 0.5) is 52.7 Å². The van der Waals surface area contributed by atoms with Gasteiger partial charge in [0, 0.05) is 38.7 Å². The van der Waals surface area contributed by atoms with Gasteiger partial charge >= 0.3 is 68.5 Å². The van der Waals surface area contributed by atoms with E-state index in [9.17, 15) is 81.5 Å². The monoisotopic (exact) mass is 1190 g/mol. The van der Waals surface area contributed by atoms with Crippen molar-refractivity contribution in [1.82, 2.24) is 29.8 Å². The molecule has 80 heavy (non-hydrogen) atoms. The van der Waals surface area contributed by atoms with Crippen LogP contribution in [-0.2, 0) is 47.4 Å². The van der Waals surface area contributed by atoms with E-state index in [2.05, 4.69) is 39.9 Å². The summed E-state index contributed by atoms with van der Waals surface area (Å²) >= 11 is 0. The second-order valence-electron chi connectivity index (χ2n) is 24.3. The number of nitrogens with zero attached hydrogens (tertiary/aromatic N) is 5.